The normalized spacial score (nSPS) is 13.3. The second kappa shape index (κ2) is 5.31. The fourth-order valence-electron chi connectivity index (χ4n) is 2.61. The average molecular weight is 296 g/mol. The second-order valence-electron chi connectivity index (χ2n) is 5.25. The molecule has 1 N–H and O–H groups in total. The van der Waals surface area contributed by atoms with Crippen molar-refractivity contribution in [2.75, 3.05) is 7.11 Å². The topological polar surface area (TPSA) is 65.1 Å². The molecule has 6 nitrogen and oxygen atoms in total. The van der Waals surface area contributed by atoms with Crippen molar-refractivity contribution in [3.8, 4) is 17.1 Å². The predicted molar refractivity (Wildman–Crippen MR) is 80.4 cm³/mol. The van der Waals surface area contributed by atoms with Gasteiger partial charge in [-0.3, -0.25) is 4.68 Å². The Morgan fingerprint density at radius 1 is 1.27 bits per heavy atom. The highest BCUT2D eigenvalue weighted by Gasteiger charge is 2.15. The van der Waals surface area contributed by atoms with Crippen molar-refractivity contribution in [2.45, 2.75) is 19.6 Å². The number of rotatable bonds is 4. The third-order valence-corrected chi connectivity index (χ3v) is 3.76. The fourth-order valence-corrected chi connectivity index (χ4v) is 2.61. The molecule has 22 heavy (non-hydrogen) atoms. The highest BCUT2D eigenvalue weighted by atomic mass is 16.5. The maximum absolute atomic E-state index is 5.82. The highest BCUT2D eigenvalue weighted by molar-refractivity contribution is 5.57. The third kappa shape index (κ3) is 2.37. The zero-order valence-electron chi connectivity index (χ0n) is 12.2. The summed E-state index contributed by atoms with van der Waals surface area (Å²) in [5.74, 6) is 2.22. The van der Waals surface area contributed by atoms with Crippen molar-refractivity contribution >= 4 is 0 Å². The summed E-state index contributed by atoms with van der Waals surface area (Å²) < 4.78 is 12.9. The van der Waals surface area contributed by atoms with Gasteiger partial charge in [-0.25, -0.2) is 4.98 Å². The molecule has 3 aromatic rings. The van der Waals surface area contributed by atoms with Gasteiger partial charge in [0.25, 0.3) is 0 Å². The van der Waals surface area contributed by atoms with Gasteiger partial charge in [0.05, 0.1) is 19.0 Å². The monoisotopic (exact) mass is 296 g/mol. The maximum Gasteiger partial charge on any atom is 0.216 e. The van der Waals surface area contributed by atoms with E-state index in [-0.39, 0.29) is 0 Å². The van der Waals surface area contributed by atoms with Crippen LogP contribution < -0.4 is 10.1 Å². The van der Waals surface area contributed by atoms with E-state index in [9.17, 15) is 0 Å². The molecule has 112 valence electrons. The largest absolute Gasteiger partial charge is 0.497 e. The summed E-state index contributed by atoms with van der Waals surface area (Å²) in [5.41, 5.74) is 3.34. The first-order valence-corrected chi connectivity index (χ1v) is 7.17. The second-order valence-corrected chi connectivity index (χ2v) is 5.25. The van der Waals surface area contributed by atoms with Crippen LogP contribution in [0.4, 0.5) is 0 Å². The van der Waals surface area contributed by atoms with Gasteiger partial charge in [0.2, 0.25) is 5.89 Å². The molecule has 0 fully saturated rings. The molecule has 0 atom stereocenters. The zero-order chi connectivity index (χ0) is 14.9. The first kappa shape index (κ1) is 13.1. The van der Waals surface area contributed by atoms with Crippen molar-refractivity contribution in [1.29, 1.82) is 0 Å². The number of fused-ring (bicyclic) bond motifs is 1. The van der Waals surface area contributed by atoms with Gasteiger partial charge < -0.3 is 14.5 Å². The molecule has 1 aromatic carbocycles. The van der Waals surface area contributed by atoms with E-state index >= 15 is 0 Å². The van der Waals surface area contributed by atoms with Crippen LogP contribution in [-0.4, -0.2) is 21.9 Å². The van der Waals surface area contributed by atoms with Crippen LogP contribution in [0.25, 0.3) is 11.3 Å². The molecule has 0 bridgehead atoms. The molecule has 0 aliphatic carbocycles. The number of nitrogens with zero attached hydrogens (tertiary/aromatic N) is 3. The van der Waals surface area contributed by atoms with Gasteiger partial charge in [0.1, 0.15) is 12.3 Å². The van der Waals surface area contributed by atoms with E-state index in [0.717, 1.165) is 35.9 Å². The van der Waals surface area contributed by atoms with Crippen molar-refractivity contribution in [3.05, 3.63) is 53.8 Å². The maximum atomic E-state index is 5.82. The summed E-state index contributed by atoms with van der Waals surface area (Å²) >= 11 is 0. The number of nitrogens with one attached hydrogen (secondary N) is 1. The standard InChI is InChI=1S/C16H16N4O2/c1-21-13-4-2-11(3-5-13)15-8-18-16(22-15)10-20-9-12-6-17-7-14(12)19-20/h2-5,8-9,17H,6-7,10H2,1H3. The predicted octanol–water partition coefficient (Wildman–Crippen LogP) is 2.20. The molecule has 0 saturated heterocycles. The third-order valence-electron chi connectivity index (χ3n) is 3.76. The van der Waals surface area contributed by atoms with Crippen molar-refractivity contribution in [3.63, 3.8) is 0 Å². The van der Waals surface area contributed by atoms with Crippen LogP contribution in [0, 0.1) is 0 Å². The Morgan fingerprint density at radius 3 is 2.91 bits per heavy atom. The lowest BCUT2D eigenvalue weighted by molar-refractivity contribution is 0.415. The fraction of sp³-hybridized carbons (Fsp3) is 0.250. The number of ether oxygens (including phenoxy) is 1. The van der Waals surface area contributed by atoms with Gasteiger partial charge in [-0.15, -0.1) is 0 Å². The van der Waals surface area contributed by atoms with Crippen molar-refractivity contribution in [2.24, 2.45) is 0 Å². The number of benzene rings is 1. The van der Waals surface area contributed by atoms with Crippen LogP contribution in [0.3, 0.4) is 0 Å². The lowest BCUT2D eigenvalue weighted by Gasteiger charge is -2.00. The molecule has 0 spiro atoms. The quantitative estimate of drug-likeness (QED) is 0.799. The number of hydrogen-bond acceptors (Lipinski definition) is 5. The lowest BCUT2D eigenvalue weighted by Crippen LogP contribution is -2.06. The van der Waals surface area contributed by atoms with E-state index in [2.05, 4.69) is 15.4 Å². The van der Waals surface area contributed by atoms with Gasteiger partial charge in [-0.1, -0.05) is 0 Å². The minimum absolute atomic E-state index is 0.545. The average Bonchev–Trinajstić information content (AvgIpc) is 3.24. The summed E-state index contributed by atoms with van der Waals surface area (Å²) in [4.78, 5) is 4.34. The molecule has 2 aromatic heterocycles. The Hall–Kier alpha value is -2.60. The van der Waals surface area contributed by atoms with Crippen LogP contribution in [0.15, 0.2) is 41.1 Å². The summed E-state index contributed by atoms with van der Waals surface area (Å²) in [6.45, 7) is 2.27. The van der Waals surface area contributed by atoms with Gasteiger partial charge in [-0.05, 0) is 24.3 Å². The molecule has 4 rings (SSSR count). The smallest absolute Gasteiger partial charge is 0.216 e. The highest BCUT2D eigenvalue weighted by Crippen LogP contribution is 2.23. The first-order valence-electron chi connectivity index (χ1n) is 7.17. The van der Waals surface area contributed by atoms with Crippen LogP contribution in [0.5, 0.6) is 5.75 Å². The SMILES string of the molecule is COc1ccc(-c2cnc(Cn3cc4c(n3)CNC4)o2)cc1. The van der Waals surface area contributed by atoms with Gasteiger partial charge in [0.15, 0.2) is 5.76 Å². The Morgan fingerprint density at radius 2 is 2.14 bits per heavy atom. The van der Waals surface area contributed by atoms with Gasteiger partial charge >= 0.3 is 0 Å². The minimum atomic E-state index is 0.545. The van der Waals surface area contributed by atoms with E-state index in [4.69, 9.17) is 9.15 Å². The summed E-state index contributed by atoms with van der Waals surface area (Å²) in [6, 6.07) is 7.72. The Balaban J connectivity index is 1.52. The van der Waals surface area contributed by atoms with E-state index in [1.165, 1.54) is 5.56 Å². The van der Waals surface area contributed by atoms with E-state index in [0.29, 0.717) is 12.4 Å². The number of hydrogen-bond donors (Lipinski definition) is 1. The molecule has 0 saturated carbocycles. The Labute approximate surface area is 127 Å². The minimum Gasteiger partial charge on any atom is -0.497 e. The van der Waals surface area contributed by atoms with Crippen molar-refractivity contribution < 1.29 is 9.15 Å². The Kier molecular flexibility index (Phi) is 3.16. The van der Waals surface area contributed by atoms with Crippen molar-refractivity contribution in [1.82, 2.24) is 20.1 Å². The number of aromatic nitrogens is 3. The van der Waals surface area contributed by atoms with E-state index in [1.807, 2.05) is 35.1 Å². The van der Waals surface area contributed by atoms with Crippen LogP contribution in [0.1, 0.15) is 17.1 Å². The molecule has 0 unspecified atom stereocenters. The van der Waals surface area contributed by atoms with Crippen LogP contribution in [0.2, 0.25) is 0 Å². The molecular weight excluding hydrogens is 280 g/mol. The summed E-state index contributed by atoms with van der Waals surface area (Å²) in [5, 5.41) is 7.80. The zero-order valence-corrected chi connectivity index (χ0v) is 12.2. The molecule has 1 aliphatic rings. The summed E-state index contributed by atoms with van der Waals surface area (Å²) in [6.07, 6.45) is 3.79. The molecule has 0 amide bonds. The number of methoxy groups -OCH3 is 1. The molecular formula is C16H16N4O2. The first-order chi connectivity index (χ1) is 10.8. The Bertz CT molecular complexity index is 767. The molecule has 3 heterocycles. The summed E-state index contributed by atoms with van der Waals surface area (Å²) in [7, 11) is 1.65. The van der Waals surface area contributed by atoms with Gasteiger partial charge in [0, 0.05) is 30.4 Å². The number of oxazole rings is 1. The molecule has 1 aliphatic heterocycles. The van der Waals surface area contributed by atoms with Crippen LogP contribution >= 0.6 is 0 Å². The van der Waals surface area contributed by atoms with E-state index < -0.39 is 0 Å². The molecule has 6 heteroatoms. The molecule has 0 radical (unpaired) electrons. The van der Waals surface area contributed by atoms with Gasteiger partial charge in [-0.2, -0.15) is 5.10 Å². The van der Waals surface area contributed by atoms with Crippen LogP contribution in [-0.2, 0) is 19.6 Å². The lowest BCUT2D eigenvalue weighted by atomic mass is 10.2. The van der Waals surface area contributed by atoms with E-state index in [1.54, 1.807) is 13.3 Å².